The molecule has 0 aliphatic rings. The third-order valence-electron chi connectivity index (χ3n) is 0.824. The average Bonchev–Trinajstić information content (AvgIpc) is 1.90. The normalized spacial score (nSPS) is 11.8. The van der Waals surface area contributed by atoms with Crippen molar-refractivity contribution in [3.05, 3.63) is 23.9 Å². The fourth-order valence-corrected chi connectivity index (χ4v) is 0.429. The lowest BCUT2D eigenvalue weighted by Gasteiger charge is -1.85. The summed E-state index contributed by atoms with van der Waals surface area (Å²) < 4.78 is 4.67. The minimum Gasteiger partial charge on any atom is -0.505 e. The summed E-state index contributed by atoms with van der Waals surface area (Å²) in [5.41, 5.74) is 0.285. The molecule has 1 heterocycles. The highest BCUT2D eigenvalue weighted by molar-refractivity contribution is 5.10. The van der Waals surface area contributed by atoms with Gasteiger partial charge < -0.3 is 15.4 Å². The van der Waals surface area contributed by atoms with Gasteiger partial charge in [-0.2, -0.15) is 0 Å². The standard InChI is InChI=1S/C5H6N2O2/c6-7-5-2-1-4(8)3-9-5/h1-3,8H,6H2. The van der Waals surface area contributed by atoms with Crippen molar-refractivity contribution in [1.82, 2.24) is 0 Å². The second kappa shape index (κ2) is 2.21. The van der Waals surface area contributed by atoms with Crippen LogP contribution in [-0.4, -0.2) is 5.11 Å². The highest BCUT2D eigenvalue weighted by atomic mass is 16.3. The quantitative estimate of drug-likeness (QED) is 0.372. The highest BCUT2D eigenvalue weighted by Crippen LogP contribution is 2.00. The van der Waals surface area contributed by atoms with Crippen LogP contribution < -0.4 is 11.4 Å². The van der Waals surface area contributed by atoms with Gasteiger partial charge in [0, 0.05) is 6.07 Å². The molecule has 4 nitrogen and oxygen atoms in total. The molecule has 3 N–H and O–H groups in total. The molecular weight excluding hydrogens is 120 g/mol. The maximum Gasteiger partial charge on any atom is 0.235 e. The van der Waals surface area contributed by atoms with Gasteiger partial charge in [-0.3, -0.25) is 0 Å². The molecule has 0 aromatic carbocycles. The molecule has 0 spiro atoms. The summed E-state index contributed by atoms with van der Waals surface area (Å²) in [5, 5.41) is 11.9. The molecule has 4 heteroatoms. The Labute approximate surface area is 51.2 Å². The van der Waals surface area contributed by atoms with E-state index in [1.54, 1.807) is 0 Å². The molecule has 0 saturated heterocycles. The van der Waals surface area contributed by atoms with Crippen LogP contribution in [0.25, 0.3) is 0 Å². The van der Waals surface area contributed by atoms with Crippen molar-refractivity contribution in [1.29, 1.82) is 0 Å². The van der Waals surface area contributed by atoms with Gasteiger partial charge in [0.2, 0.25) is 5.55 Å². The second-order valence-electron chi connectivity index (χ2n) is 1.46. The molecule has 0 radical (unpaired) electrons. The summed E-state index contributed by atoms with van der Waals surface area (Å²) in [4.78, 5) is 0. The van der Waals surface area contributed by atoms with Crippen molar-refractivity contribution < 1.29 is 9.52 Å². The molecule has 1 aromatic heterocycles. The highest BCUT2D eigenvalue weighted by Gasteiger charge is 1.83. The molecular formula is C5H6N2O2. The first-order valence-electron chi connectivity index (χ1n) is 2.34. The largest absolute Gasteiger partial charge is 0.505 e. The number of hydrogen-bond donors (Lipinski definition) is 2. The van der Waals surface area contributed by atoms with E-state index in [2.05, 4.69) is 9.52 Å². The van der Waals surface area contributed by atoms with Crippen LogP contribution in [0.2, 0.25) is 0 Å². The van der Waals surface area contributed by atoms with E-state index in [9.17, 15) is 0 Å². The SMILES string of the molecule is NN=c1ccc(O)co1. The van der Waals surface area contributed by atoms with E-state index in [1.807, 2.05) is 0 Å². The van der Waals surface area contributed by atoms with Crippen LogP contribution in [0.4, 0.5) is 0 Å². The fourth-order valence-electron chi connectivity index (χ4n) is 0.429. The summed E-state index contributed by atoms with van der Waals surface area (Å²) in [6, 6.07) is 2.91. The van der Waals surface area contributed by atoms with Gasteiger partial charge in [-0.1, -0.05) is 0 Å². The maximum atomic E-state index is 8.68. The van der Waals surface area contributed by atoms with Crippen molar-refractivity contribution in [2.45, 2.75) is 0 Å². The molecule has 0 bridgehead atoms. The van der Waals surface area contributed by atoms with E-state index in [4.69, 9.17) is 10.9 Å². The first-order chi connectivity index (χ1) is 4.33. The van der Waals surface area contributed by atoms with E-state index in [-0.39, 0.29) is 11.3 Å². The minimum absolute atomic E-state index is 0.0578. The predicted molar refractivity (Wildman–Crippen MR) is 30.1 cm³/mol. The van der Waals surface area contributed by atoms with Gasteiger partial charge >= 0.3 is 0 Å². The Hall–Kier alpha value is -1.45. The first-order valence-corrected chi connectivity index (χ1v) is 2.34. The average molecular weight is 126 g/mol. The van der Waals surface area contributed by atoms with E-state index in [1.165, 1.54) is 12.1 Å². The van der Waals surface area contributed by atoms with Crippen LogP contribution in [0.15, 0.2) is 27.9 Å². The zero-order chi connectivity index (χ0) is 6.69. The molecule has 0 unspecified atom stereocenters. The van der Waals surface area contributed by atoms with Crippen LogP contribution in [0, 0.1) is 0 Å². The van der Waals surface area contributed by atoms with Crippen molar-refractivity contribution in [3.8, 4) is 5.75 Å². The lowest BCUT2D eigenvalue weighted by atomic mass is 10.5. The van der Waals surface area contributed by atoms with E-state index >= 15 is 0 Å². The van der Waals surface area contributed by atoms with Gasteiger partial charge in [0.15, 0.2) is 5.75 Å². The summed E-state index contributed by atoms with van der Waals surface area (Å²) >= 11 is 0. The molecule has 0 aliphatic heterocycles. The van der Waals surface area contributed by atoms with Gasteiger partial charge in [0.25, 0.3) is 0 Å². The van der Waals surface area contributed by atoms with Gasteiger partial charge in [0.1, 0.15) is 6.26 Å². The molecule has 0 atom stereocenters. The second-order valence-corrected chi connectivity index (χ2v) is 1.46. The van der Waals surface area contributed by atoms with E-state index in [0.717, 1.165) is 6.26 Å². The van der Waals surface area contributed by atoms with Crippen molar-refractivity contribution >= 4 is 0 Å². The van der Waals surface area contributed by atoms with E-state index < -0.39 is 0 Å². The Kier molecular flexibility index (Phi) is 1.40. The predicted octanol–water partition coefficient (Wildman–Crippen LogP) is -0.240. The van der Waals surface area contributed by atoms with Crippen molar-refractivity contribution in [2.75, 3.05) is 0 Å². The summed E-state index contributed by atoms with van der Waals surface area (Å²) in [6.07, 6.45) is 1.16. The summed E-state index contributed by atoms with van der Waals surface area (Å²) in [7, 11) is 0. The summed E-state index contributed by atoms with van der Waals surface area (Å²) in [6.45, 7) is 0. The molecule has 0 amide bonds. The van der Waals surface area contributed by atoms with Crippen molar-refractivity contribution in [3.63, 3.8) is 0 Å². The number of hydrogen-bond acceptors (Lipinski definition) is 4. The molecule has 0 aliphatic carbocycles. The maximum absolute atomic E-state index is 8.68. The molecule has 1 rings (SSSR count). The number of nitrogens with zero attached hydrogens (tertiary/aromatic N) is 1. The molecule has 0 fully saturated rings. The first kappa shape index (κ1) is 5.68. The third kappa shape index (κ3) is 1.22. The van der Waals surface area contributed by atoms with Crippen LogP contribution in [0.5, 0.6) is 5.75 Å². The molecule has 0 saturated carbocycles. The van der Waals surface area contributed by atoms with Crippen LogP contribution in [-0.2, 0) is 0 Å². The van der Waals surface area contributed by atoms with Crippen molar-refractivity contribution in [2.24, 2.45) is 10.9 Å². The minimum atomic E-state index is 0.0578. The lowest BCUT2D eigenvalue weighted by Crippen LogP contribution is -2.01. The van der Waals surface area contributed by atoms with Crippen LogP contribution >= 0.6 is 0 Å². The Morgan fingerprint density at radius 2 is 2.33 bits per heavy atom. The third-order valence-corrected chi connectivity index (χ3v) is 0.824. The monoisotopic (exact) mass is 126 g/mol. The van der Waals surface area contributed by atoms with Crippen LogP contribution in [0.3, 0.4) is 0 Å². The Bertz CT molecular complexity index is 233. The lowest BCUT2D eigenvalue weighted by molar-refractivity contribution is 0.416. The van der Waals surface area contributed by atoms with E-state index in [0.29, 0.717) is 0 Å². The van der Waals surface area contributed by atoms with Gasteiger partial charge in [-0.15, -0.1) is 5.10 Å². The zero-order valence-corrected chi connectivity index (χ0v) is 4.61. The van der Waals surface area contributed by atoms with Gasteiger partial charge in [-0.25, -0.2) is 0 Å². The fraction of sp³-hybridized carbons (Fsp3) is 0. The smallest absolute Gasteiger partial charge is 0.235 e. The molecule has 9 heavy (non-hydrogen) atoms. The topological polar surface area (TPSA) is 71.8 Å². The number of rotatable bonds is 0. The summed E-state index contributed by atoms with van der Waals surface area (Å²) in [5.74, 6) is 4.91. The Morgan fingerprint density at radius 1 is 1.56 bits per heavy atom. The Balaban J connectivity index is 3.17. The molecule has 1 aromatic rings. The molecule has 48 valence electrons. The van der Waals surface area contributed by atoms with Gasteiger partial charge in [0.05, 0.1) is 0 Å². The Morgan fingerprint density at radius 3 is 2.78 bits per heavy atom. The number of aromatic hydroxyl groups is 1. The van der Waals surface area contributed by atoms with Crippen LogP contribution in [0.1, 0.15) is 0 Å². The number of nitrogens with two attached hydrogens (primary N) is 1. The van der Waals surface area contributed by atoms with Gasteiger partial charge in [-0.05, 0) is 6.07 Å². The zero-order valence-electron chi connectivity index (χ0n) is 4.61.